The Morgan fingerprint density at radius 3 is 2.78 bits per heavy atom. The molecule has 4 aliphatic rings. The number of phenolic OH excluding ortho intramolecular Hbond substituents is 1. The minimum atomic E-state index is -0.721. The van der Waals surface area contributed by atoms with E-state index in [0.29, 0.717) is 13.2 Å². The highest BCUT2D eigenvalue weighted by Gasteiger charge is 2.48. The third-order valence-corrected chi connectivity index (χ3v) is 9.68. The lowest BCUT2D eigenvalue weighted by Gasteiger charge is -2.39. The number of hydrogen-bond acceptors (Lipinski definition) is 7. The number of carbonyl (C=O) groups excluding carboxylic acids is 2. The molecule has 1 N–H and O–H groups in total. The van der Waals surface area contributed by atoms with Crippen molar-refractivity contribution >= 4 is 23.4 Å². The fraction of sp³-hybridized carbons (Fsp3) is 0.500. The summed E-state index contributed by atoms with van der Waals surface area (Å²) in [6.07, 6.45) is 6.97. The Balaban J connectivity index is 1.42. The van der Waals surface area contributed by atoms with E-state index in [1.807, 2.05) is 0 Å². The molecule has 41 heavy (non-hydrogen) atoms. The highest BCUT2D eigenvalue weighted by Crippen LogP contribution is 2.50. The largest absolute Gasteiger partial charge is 0.507 e. The lowest BCUT2D eigenvalue weighted by molar-refractivity contribution is -0.128. The first-order valence-corrected chi connectivity index (χ1v) is 14.5. The number of benzene rings is 1. The molecule has 4 heterocycles. The number of aromatic hydroxyl groups is 1. The number of carbonyl (C=O) groups is 2. The second kappa shape index (κ2) is 10.8. The van der Waals surface area contributed by atoms with Gasteiger partial charge in [-0.25, -0.2) is 9.37 Å². The quantitative estimate of drug-likeness (QED) is 0.528. The summed E-state index contributed by atoms with van der Waals surface area (Å²) in [5.41, 5.74) is -0.0370. The van der Waals surface area contributed by atoms with Crippen LogP contribution in [-0.4, -0.2) is 95.1 Å². The summed E-state index contributed by atoms with van der Waals surface area (Å²) >= 11 is 6.79. The van der Waals surface area contributed by atoms with E-state index < -0.39 is 11.9 Å². The summed E-state index contributed by atoms with van der Waals surface area (Å²) < 4.78 is 27.6. The maximum atomic E-state index is 15.0. The molecule has 6 rings (SSSR count). The molecule has 1 aliphatic carbocycles. The van der Waals surface area contributed by atoms with Crippen molar-refractivity contribution in [3.05, 3.63) is 47.3 Å². The maximum Gasteiger partial charge on any atom is 0.263 e. The van der Waals surface area contributed by atoms with Gasteiger partial charge in [0.05, 0.1) is 11.6 Å². The zero-order chi connectivity index (χ0) is 28.9. The van der Waals surface area contributed by atoms with Crippen LogP contribution in [0.15, 0.2) is 30.9 Å². The van der Waals surface area contributed by atoms with E-state index in [2.05, 4.69) is 23.5 Å². The van der Waals surface area contributed by atoms with Gasteiger partial charge in [-0.15, -0.1) is 0 Å². The zero-order valence-corrected chi connectivity index (χ0v) is 23.8. The standard InChI is InChI=1S/C30H34ClFN4O5/c1-3-22(38)35-13-14-36-18(15-35)16-40-27-24(29(36)39)28(33-26(25(27)31)23-19(32)7-6-8-20(23)37)41-17-21-30(9-4-5-10-30)11-12-34(21)2/h3,6-8,18,21,37H,1,4-5,9-17H2,2H3/t18-,21?/m1/s1. The second-order valence-electron chi connectivity index (χ2n) is 11.5. The van der Waals surface area contributed by atoms with Gasteiger partial charge in [-0.05, 0) is 56.5 Å². The number of pyridine rings is 1. The lowest BCUT2D eigenvalue weighted by Crippen LogP contribution is -2.57. The van der Waals surface area contributed by atoms with Crippen LogP contribution < -0.4 is 9.47 Å². The molecule has 2 saturated heterocycles. The first-order valence-electron chi connectivity index (χ1n) is 14.1. The number of phenols is 1. The minimum Gasteiger partial charge on any atom is -0.507 e. The molecule has 9 nitrogen and oxygen atoms in total. The molecular formula is C30H34ClFN4O5. The van der Waals surface area contributed by atoms with E-state index in [1.54, 1.807) is 9.80 Å². The van der Waals surface area contributed by atoms with Gasteiger partial charge in [0.25, 0.3) is 5.91 Å². The number of ether oxygens (including phenoxy) is 2. The number of piperazine rings is 1. The van der Waals surface area contributed by atoms with Crippen molar-refractivity contribution < 1.29 is 28.6 Å². The summed E-state index contributed by atoms with van der Waals surface area (Å²) in [6, 6.07) is 3.62. The fourth-order valence-corrected chi connectivity index (χ4v) is 7.38. The van der Waals surface area contributed by atoms with Gasteiger partial charge < -0.3 is 24.4 Å². The third-order valence-electron chi connectivity index (χ3n) is 9.33. The Hall–Kier alpha value is -3.37. The molecule has 2 aromatic rings. The van der Waals surface area contributed by atoms with Crippen molar-refractivity contribution in [3.63, 3.8) is 0 Å². The lowest BCUT2D eigenvalue weighted by atomic mass is 9.79. The predicted octanol–water partition coefficient (Wildman–Crippen LogP) is 4.12. The summed E-state index contributed by atoms with van der Waals surface area (Å²) in [5, 5.41) is 10.5. The number of rotatable bonds is 5. The van der Waals surface area contributed by atoms with Crippen LogP contribution in [0, 0.1) is 11.2 Å². The van der Waals surface area contributed by atoms with Crippen LogP contribution in [0.5, 0.6) is 17.4 Å². The maximum absolute atomic E-state index is 15.0. The Labute approximate surface area is 243 Å². The molecule has 1 spiro atoms. The van der Waals surface area contributed by atoms with Gasteiger partial charge in [0.1, 0.15) is 41.1 Å². The molecule has 11 heteroatoms. The Kier molecular flexibility index (Phi) is 7.32. The highest BCUT2D eigenvalue weighted by molar-refractivity contribution is 6.35. The first kappa shape index (κ1) is 27.8. The monoisotopic (exact) mass is 584 g/mol. The van der Waals surface area contributed by atoms with E-state index in [1.165, 1.54) is 37.1 Å². The summed E-state index contributed by atoms with van der Waals surface area (Å²) in [6.45, 7) is 5.77. The second-order valence-corrected chi connectivity index (χ2v) is 11.9. The molecule has 1 saturated carbocycles. The molecule has 1 unspecified atom stereocenters. The van der Waals surface area contributed by atoms with Crippen LogP contribution in [0.25, 0.3) is 11.3 Å². The SMILES string of the molecule is C=CC(=O)N1CCN2C(=O)c3c(OCC4N(C)CCC45CCCC5)nc(-c4c(O)cccc4F)c(Cl)c3OC[C@H]2C1. The number of hydrogen-bond donors (Lipinski definition) is 1. The van der Waals surface area contributed by atoms with Crippen LogP contribution in [0.2, 0.25) is 5.02 Å². The van der Waals surface area contributed by atoms with Gasteiger partial charge >= 0.3 is 0 Å². The first-order chi connectivity index (χ1) is 19.7. The van der Waals surface area contributed by atoms with Crippen LogP contribution in [-0.2, 0) is 4.79 Å². The molecule has 2 amide bonds. The van der Waals surface area contributed by atoms with Gasteiger partial charge in [0.2, 0.25) is 11.8 Å². The molecule has 218 valence electrons. The van der Waals surface area contributed by atoms with Gasteiger partial charge in [0.15, 0.2) is 5.75 Å². The molecular weight excluding hydrogens is 551 g/mol. The zero-order valence-electron chi connectivity index (χ0n) is 23.1. The highest BCUT2D eigenvalue weighted by atomic mass is 35.5. The number of likely N-dealkylation sites (N-methyl/N-ethyl adjacent to an activating group) is 1. The number of nitrogens with zero attached hydrogens (tertiary/aromatic N) is 4. The molecule has 3 fully saturated rings. The molecule has 0 bridgehead atoms. The topological polar surface area (TPSA) is 95.4 Å². The van der Waals surface area contributed by atoms with Crippen molar-refractivity contribution in [2.75, 3.05) is 46.4 Å². The number of amides is 2. The van der Waals surface area contributed by atoms with E-state index in [0.717, 1.165) is 25.8 Å². The van der Waals surface area contributed by atoms with E-state index in [4.69, 9.17) is 21.1 Å². The van der Waals surface area contributed by atoms with E-state index in [-0.39, 0.29) is 82.2 Å². The van der Waals surface area contributed by atoms with Crippen molar-refractivity contribution in [1.82, 2.24) is 19.7 Å². The summed E-state index contributed by atoms with van der Waals surface area (Å²) in [4.78, 5) is 36.6. The number of halogens is 2. The minimum absolute atomic E-state index is 0.00857. The smallest absolute Gasteiger partial charge is 0.263 e. The Morgan fingerprint density at radius 2 is 2.05 bits per heavy atom. The van der Waals surface area contributed by atoms with Gasteiger partial charge in [-0.1, -0.05) is 37.1 Å². The van der Waals surface area contributed by atoms with Gasteiger partial charge in [0, 0.05) is 25.7 Å². The molecule has 2 atom stereocenters. The number of fused-ring (bicyclic) bond motifs is 2. The van der Waals surface area contributed by atoms with Crippen LogP contribution >= 0.6 is 11.6 Å². The number of likely N-dealkylation sites (tertiary alicyclic amines) is 1. The average molecular weight is 585 g/mol. The van der Waals surface area contributed by atoms with Gasteiger partial charge in [-0.3, -0.25) is 14.5 Å². The Bertz CT molecular complexity index is 1380. The van der Waals surface area contributed by atoms with Crippen molar-refractivity contribution in [1.29, 1.82) is 0 Å². The van der Waals surface area contributed by atoms with Crippen LogP contribution in [0.4, 0.5) is 4.39 Å². The average Bonchev–Trinajstić information content (AvgIpc) is 3.53. The van der Waals surface area contributed by atoms with Crippen LogP contribution in [0.1, 0.15) is 42.5 Å². The van der Waals surface area contributed by atoms with Crippen molar-refractivity contribution in [2.45, 2.75) is 44.2 Å². The number of aromatic nitrogens is 1. The fourth-order valence-electron chi connectivity index (χ4n) is 7.09. The van der Waals surface area contributed by atoms with Gasteiger partial charge in [-0.2, -0.15) is 0 Å². The third kappa shape index (κ3) is 4.70. The van der Waals surface area contributed by atoms with Crippen molar-refractivity contribution in [3.8, 4) is 28.6 Å². The summed E-state index contributed by atoms with van der Waals surface area (Å²) in [5.74, 6) is -1.64. The summed E-state index contributed by atoms with van der Waals surface area (Å²) in [7, 11) is 2.09. The molecule has 0 radical (unpaired) electrons. The van der Waals surface area contributed by atoms with E-state index in [9.17, 15) is 14.7 Å². The predicted molar refractivity (Wildman–Crippen MR) is 151 cm³/mol. The molecule has 1 aromatic carbocycles. The Morgan fingerprint density at radius 1 is 1.27 bits per heavy atom. The molecule has 3 aliphatic heterocycles. The van der Waals surface area contributed by atoms with Crippen LogP contribution in [0.3, 0.4) is 0 Å². The molecule has 1 aromatic heterocycles. The van der Waals surface area contributed by atoms with E-state index >= 15 is 4.39 Å². The normalized spacial score (nSPS) is 23.6. The van der Waals surface area contributed by atoms with Crippen molar-refractivity contribution in [2.24, 2.45) is 5.41 Å².